The molecule has 0 aromatic heterocycles. The normalized spacial score (nSPS) is 13.8. The van der Waals surface area contributed by atoms with Crippen molar-refractivity contribution in [3.8, 4) is 0 Å². The second kappa shape index (κ2) is 14.9. The zero-order valence-corrected chi connectivity index (χ0v) is 15.9. The summed E-state index contributed by atoms with van der Waals surface area (Å²) in [6.07, 6.45) is 23.5. The molecule has 0 radical (unpaired) electrons. The third-order valence-electron chi connectivity index (χ3n) is 4.85. The van der Waals surface area contributed by atoms with Gasteiger partial charge in [-0.3, -0.25) is 0 Å². The van der Waals surface area contributed by atoms with Crippen LogP contribution in [0.4, 0.5) is 0 Å². The molecule has 3 heteroatoms. The maximum atomic E-state index is 11.3. The van der Waals surface area contributed by atoms with Crippen molar-refractivity contribution in [3.05, 3.63) is 24.3 Å². The van der Waals surface area contributed by atoms with Gasteiger partial charge in [-0.2, -0.15) is 0 Å². The van der Waals surface area contributed by atoms with Crippen molar-refractivity contribution < 1.29 is 14.3 Å². The molecule has 0 N–H and O–H groups in total. The first-order chi connectivity index (χ1) is 12.2. The highest BCUT2D eigenvalue weighted by Gasteiger charge is 2.22. The first-order valence-electron chi connectivity index (χ1n) is 10.3. The van der Waals surface area contributed by atoms with Crippen LogP contribution in [-0.2, 0) is 14.3 Å². The molecule has 25 heavy (non-hydrogen) atoms. The molecule has 1 aliphatic rings. The van der Waals surface area contributed by atoms with Crippen LogP contribution in [-0.4, -0.2) is 11.9 Å². The van der Waals surface area contributed by atoms with Gasteiger partial charge in [0.05, 0.1) is 0 Å². The summed E-state index contributed by atoms with van der Waals surface area (Å²) in [6, 6.07) is 0. The van der Waals surface area contributed by atoms with E-state index in [1.807, 2.05) is 6.08 Å². The molecular weight excluding hydrogens is 312 g/mol. The Morgan fingerprint density at radius 3 is 1.56 bits per heavy atom. The summed E-state index contributed by atoms with van der Waals surface area (Å²) in [4.78, 5) is 22.2. The van der Waals surface area contributed by atoms with Crippen molar-refractivity contribution >= 4 is 11.9 Å². The van der Waals surface area contributed by atoms with Crippen LogP contribution in [0.1, 0.15) is 103 Å². The van der Waals surface area contributed by atoms with Crippen molar-refractivity contribution in [2.75, 3.05) is 0 Å². The Hall–Kier alpha value is -1.38. The Morgan fingerprint density at radius 2 is 1.16 bits per heavy atom. The van der Waals surface area contributed by atoms with Crippen LogP contribution in [0.2, 0.25) is 0 Å². The van der Waals surface area contributed by atoms with Gasteiger partial charge in [0.2, 0.25) is 0 Å². The Kier molecular flexibility index (Phi) is 12.9. The van der Waals surface area contributed by atoms with Crippen molar-refractivity contribution in [2.45, 2.75) is 103 Å². The molecule has 0 aromatic rings. The quantitative estimate of drug-likeness (QED) is 0.132. The Bertz CT molecular complexity index is 423. The number of unbranched alkanes of at least 4 members (excludes halogenated alkanes) is 14. The van der Waals surface area contributed by atoms with Crippen LogP contribution in [0.3, 0.4) is 0 Å². The van der Waals surface area contributed by atoms with E-state index >= 15 is 0 Å². The zero-order chi connectivity index (χ0) is 18.2. The van der Waals surface area contributed by atoms with Crippen LogP contribution < -0.4 is 0 Å². The lowest BCUT2D eigenvalue weighted by molar-refractivity contribution is -0.150. The number of ether oxygens (including phenoxy) is 1. The molecule has 0 saturated heterocycles. The molecule has 0 spiro atoms. The van der Waals surface area contributed by atoms with E-state index in [4.69, 9.17) is 0 Å². The first-order valence-corrected chi connectivity index (χ1v) is 10.3. The number of carbonyl (C=O) groups excluding carboxylic acids is 2. The predicted octanol–water partition coefficient (Wildman–Crippen LogP) is 6.42. The van der Waals surface area contributed by atoms with E-state index in [1.165, 1.54) is 89.5 Å². The van der Waals surface area contributed by atoms with Gasteiger partial charge in [0, 0.05) is 11.6 Å². The second-order valence-corrected chi connectivity index (χ2v) is 7.16. The van der Waals surface area contributed by atoms with E-state index in [1.54, 1.807) is 0 Å². The Morgan fingerprint density at radius 1 is 0.720 bits per heavy atom. The largest absolute Gasteiger partial charge is 0.386 e. The van der Waals surface area contributed by atoms with Gasteiger partial charge in [-0.05, 0) is 25.7 Å². The van der Waals surface area contributed by atoms with Gasteiger partial charge in [-0.25, -0.2) is 9.59 Å². The SMILES string of the molecule is C=CCCCCCCCCCCCCCCCCC1=CC(=O)OC1=O. The fraction of sp³-hybridized carbons (Fsp3) is 0.727. The fourth-order valence-corrected chi connectivity index (χ4v) is 3.29. The topological polar surface area (TPSA) is 43.4 Å². The van der Waals surface area contributed by atoms with Crippen LogP contribution in [0.15, 0.2) is 24.3 Å². The number of hydrogen-bond donors (Lipinski definition) is 0. The lowest BCUT2D eigenvalue weighted by Crippen LogP contribution is -2.01. The third kappa shape index (κ3) is 11.7. The van der Waals surface area contributed by atoms with E-state index in [9.17, 15) is 9.59 Å². The lowest BCUT2D eigenvalue weighted by Gasteiger charge is -2.03. The minimum absolute atomic E-state index is 0.443. The smallest absolute Gasteiger partial charge is 0.342 e. The molecule has 1 aliphatic heterocycles. The van der Waals surface area contributed by atoms with Gasteiger partial charge < -0.3 is 4.74 Å². The molecule has 0 bridgehead atoms. The van der Waals surface area contributed by atoms with Crippen LogP contribution in [0.5, 0.6) is 0 Å². The van der Waals surface area contributed by atoms with Crippen molar-refractivity contribution in [1.29, 1.82) is 0 Å². The van der Waals surface area contributed by atoms with Crippen molar-refractivity contribution in [3.63, 3.8) is 0 Å². The predicted molar refractivity (Wildman–Crippen MR) is 103 cm³/mol. The van der Waals surface area contributed by atoms with Gasteiger partial charge in [-0.1, -0.05) is 83.1 Å². The van der Waals surface area contributed by atoms with E-state index < -0.39 is 11.9 Å². The summed E-state index contributed by atoms with van der Waals surface area (Å²) >= 11 is 0. The molecule has 142 valence electrons. The summed E-state index contributed by atoms with van der Waals surface area (Å²) in [5.41, 5.74) is 0.547. The van der Waals surface area contributed by atoms with Crippen LogP contribution in [0, 0.1) is 0 Å². The van der Waals surface area contributed by atoms with E-state index in [2.05, 4.69) is 11.3 Å². The zero-order valence-electron chi connectivity index (χ0n) is 15.9. The average molecular weight is 349 g/mol. The molecule has 0 amide bonds. The number of carbonyl (C=O) groups is 2. The van der Waals surface area contributed by atoms with E-state index in [0.29, 0.717) is 12.0 Å². The monoisotopic (exact) mass is 348 g/mol. The van der Waals surface area contributed by atoms with E-state index in [-0.39, 0.29) is 0 Å². The minimum atomic E-state index is -0.507. The van der Waals surface area contributed by atoms with Gasteiger partial charge in [0.1, 0.15) is 0 Å². The van der Waals surface area contributed by atoms with Crippen molar-refractivity contribution in [1.82, 2.24) is 0 Å². The van der Waals surface area contributed by atoms with Gasteiger partial charge in [-0.15, -0.1) is 6.58 Å². The molecule has 1 heterocycles. The highest BCUT2D eigenvalue weighted by Crippen LogP contribution is 2.18. The molecule has 1 rings (SSSR count). The Balaban J connectivity index is 1.75. The summed E-state index contributed by atoms with van der Waals surface area (Å²) in [7, 11) is 0. The second-order valence-electron chi connectivity index (χ2n) is 7.16. The van der Waals surface area contributed by atoms with Gasteiger partial charge >= 0.3 is 11.9 Å². The molecule has 3 nitrogen and oxygen atoms in total. The number of hydrogen-bond acceptors (Lipinski definition) is 3. The van der Waals surface area contributed by atoms with E-state index in [0.717, 1.165) is 12.8 Å². The van der Waals surface area contributed by atoms with Crippen LogP contribution >= 0.6 is 0 Å². The molecule has 0 atom stereocenters. The lowest BCUT2D eigenvalue weighted by atomic mass is 10.0. The minimum Gasteiger partial charge on any atom is -0.386 e. The Labute approximate surface area is 153 Å². The number of esters is 2. The summed E-state index contributed by atoms with van der Waals surface area (Å²) in [6.45, 7) is 3.76. The first kappa shape index (κ1) is 21.7. The highest BCUT2D eigenvalue weighted by molar-refractivity contribution is 6.08. The molecular formula is C22H36O3. The maximum absolute atomic E-state index is 11.3. The maximum Gasteiger partial charge on any atom is 0.342 e. The molecule has 0 aliphatic carbocycles. The van der Waals surface area contributed by atoms with Crippen molar-refractivity contribution in [2.24, 2.45) is 0 Å². The molecule has 0 fully saturated rings. The summed E-state index contributed by atoms with van der Waals surface area (Å²) in [5.74, 6) is -0.950. The molecule has 0 aromatic carbocycles. The van der Waals surface area contributed by atoms with Gasteiger partial charge in [0.25, 0.3) is 0 Å². The third-order valence-corrected chi connectivity index (χ3v) is 4.85. The van der Waals surface area contributed by atoms with Gasteiger partial charge in [0.15, 0.2) is 0 Å². The standard InChI is InChI=1S/C22H36O3/c1-2-3-4-5-6-7-8-9-10-11-12-13-14-15-16-17-18-20-19-21(23)25-22(20)24/h2,19H,1,3-18H2. The number of cyclic esters (lactones) is 2. The average Bonchev–Trinajstić information content (AvgIpc) is 2.92. The number of allylic oxidation sites excluding steroid dienone is 1. The summed E-state index contributed by atoms with van der Waals surface area (Å²) in [5, 5.41) is 0. The molecule has 0 saturated carbocycles. The highest BCUT2D eigenvalue weighted by atomic mass is 16.6. The molecule has 0 unspecified atom stereocenters. The summed E-state index contributed by atoms with van der Waals surface area (Å²) < 4.78 is 4.48. The number of rotatable bonds is 17. The fourth-order valence-electron chi connectivity index (χ4n) is 3.29. The van der Waals surface area contributed by atoms with Crippen LogP contribution in [0.25, 0.3) is 0 Å².